The van der Waals surface area contributed by atoms with Gasteiger partial charge in [0.25, 0.3) is 0 Å². The van der Waals surface area contributed by atoms with Gasteiger partial charge in [0.05, 0.1) is 12.2 Å². The third-order valence-electron chi connectivity index (χ3n) is 3.82. The molecule has 1 fully saturated rings. The third kappa shape index (κ3) is 2.52. The highest BCUT2D eigenvalue weighted by atomic mass is 16.5. The molecule has 3 heteroatoms. The molecule has 2 aliphatic rings. The van der Waals surface area contributed by atoms with Crippen LogP contribution >= 0.6 is 0 Å². The molecule has 0 spiro atoms. The minimum atomic E-state index is 0.359. The molecule has 3 nitrogen and oxygen atoms in total. The van der Waals surface area contributed by atoms with Crippen LogP contribution in [-0.4, -0.2) is 42.8 Å². The van der Waals surface area contributed by atoms with E-state index >= 15 is 0 Å². The largest absolute Gasteiger partial charge is 0.380 e. The Balaban J connectivity index is 1.59. The molecule has 1 N–H and O–H groups in total. The van der Waals surface area contributed by atoms with E-state index < -0.39 is 0 Å². The van der Waals surface area contributed by atoms with E-state index in [4.69, 9.17) is 4.74 Å². The molecule has 0 aliphatic carbocycles. The van der Waals surface area contributed by atoms with Crippen LogP contribution in [-0.2, 0) is 11.2 Å². The first-order chi connectivity index (χ1) is 8.70. The molecule has 1 aromatic rings. The van der Waals surface area contributed by atoms with Gasteiger partial charge in [-0.1, -0.05) is 18.2 Å². The number of nitrogens with one attached hydrogen (secondary N) is 1. The Bertz CT molecular complexity index is 386. The van der Waals surface area contributed by atoms with Crippen LogP contribution in [0.3, 0.4) is 0 Å². The van der Waals surface area contributed by atoms with E-state index in [9.17, 15) is 0 Å². The first-order valence-corrected chi connectivity index (χ1v) is 6.93. The van der Waals surface area contributed by atoms with Gasteiger partial charge in [-0.15, -0.1) is 0 Å². The molecule has 1 saturated heterocycles. The number of hydrogen-bond acceptors (Lipinski definition) is 3. The highest BCUT2D eigenvalue weighted by Gasteiger charge is 2.27. The van der Waals surface area contributed by atoms with Crippen LogP contribution in [0, 0.1) is 0 Å². The molecule has 0 saturated carbocycles. The normalized spacial score (nSPS) is 32.0. The minimum Gasteiger partial charge on any atom is -0.380 e. The molecule has 0 amide bonds. The number of rotatable bonds is 2. The summed E-state index contributed by atoms with van der Waals surface area (Å²) < 4.78 is 5.78. The van der Waals surface area contributed by atoms with Crippen molar-refractivity contribution in [3.8, 4) is 0 Å². The summed E-state index contributed by atoms with van der Waals surface area (Å²) in [5, 5.41) is 3.63. The lowest BCUT2D eigenvalue weighted by Gasteiger charge is -2.36. The molecule has 1 unspecified atom stereocenters. The number of hydrogen-bond donors (Lipinski definition) is 1. The molecule has 0 radical (unpaired) electrons. The zero-order valence-corrected chi connectivity index (χ0v) is 11.2. The van der Waals surface area contributed by atoms with Crippen molar-refractivity contribution in [3.05, 3.63) is 29.8 Å². The molecule has 3 atom stereocenters. The van der Waals surface area contributed by atoms with Crippen molar-refractivity contribution in [2.45, 2.75) is 38.5 Å². The van der Waals surface area contributed by atoms with Crippen LogP contribution in [0.15, 0.2) is 24.3 Å². The summed E-state index contributed by atoms with van der Waals surface area (Å²) in [6.07, 6.45) is 1.87. The van der Waals surface area contributed by atoms with Gasteiger partial charge in [0.2, 0.25) is 0 Å². The summed E-state index contributed by atoms with van der Waals surface area (Å²) in [6, 6.07) is 9.20. The fourth-order valence-corrected chi connectivity index (χ4v) is 3.23. The van der Waals surface area contributed by atoms with E-state index in [-0.39, 0.29) is 0 Å². The molecule has 0 aromatic heterocycles. The first-order valence-electron chi connectivity index (χ1n) is 6.93. The molecule has 98 valence electrons. The smallest absolute Gasteiger partial charge is 0.0678 e. The molecule has 0 bridgehead atoms. The van der Waals surface area contributed by atoms with E-state index in [2.05, 4.69) is 48.3 Å². The zero-order valence-electron chi connectivity index (χ0n) is 11.2. The Morgan fingerprint density at radius 1 is 1.22 bits per heavy atom. The van der Waals surface area contributed by atoms with E-state index in [1.54, 1.807) is 0 Å². The van der Waals surface area contributed by atoms with Gasteiger partial charge in [-0.3, -0.25) is 4.90 Å². The second kappa shape index (κ2) is 4.90. The maximum atomic E-state index is 5.78. The van der Waals surface area contributed by atoms with Crippen molar-refractivity contribution in [1.82, 2.24) is 4.90 Å². The van der Waals surface area contributed by atoms with Gasteiger partial charge in [0, 0.05) is 31.4 Å². The Hall–Kier alpha value is -1.06. The zero-order chi connectivity index (χ0) is 12.5. The van der Waals surface area contributed by atoms with Crippen LogP contribution in [0.2, 0.25) is 0 Å². The second-order valence-corrected chi connectivity index (χ2v) is 5.68. The molecule has 18 heavy (non-hydrogen) atoms. The van der Waals surface area contributed by atoms with Crippen LogP contribution in [0.1, 0.15) is 19.4 Å². The van der Waals surface area contributed by atoms with E-state index in [1.807, 2.05) is 0 Å². The lowest BCUT2D eigenvalue weighted by molar-refractivity contribution is -0.0685. The summed E-state index contributed by atoms with van der Waals surface area (Å²) in [6.45, 7) is 7.56. The van der Waals surface area contributed by atoms with Gasteiger partial charge < -0.3 is 10.1 Å². The van der Waals surface area contributed by atoms with Crippen LogP contribution in [0.5, 0.6) is 0 Å². The van der Waals surface area contributed by atoms with Crippen molar-refractivity contribution < 1.29 is 4.74 Å². The summed E-state index contributed by atoms with van der Waals surface area (Å²) in [4.78, 5) is 2.53. The predicted octanol–water partition coefficient (Wildman–Crippen LogP) is 2.13. The Kier molecular flexibility index (Phi) is 3.27. The predicted molar refractivity (Wildman–Crippen MR) is 74.0 cm³/mol. The van der Waals surface area contributed by atoms with Crippen LogP contribution in [0.25, 0.3) is 0 Å². The highest BCUT2D eigenvalue weighted by molar-refractivity contribution is 5.56. The van der Waals surface area contributed by atoms with Gasteiger partial charge in [0.15, 0.2) is 0 Å². The van der Waals surface area contributed by atoms with Gasteiger partial charge in [0.1, 0.15) is 0 Å². The lowest BCUT2D eigenvalue weighted by atomic mass is 10.1. The number of ether oxygens (including phenoxy) is 1. The lowest BCUT2D eigenvalue weighted by Crippen LogP contribution is -2.48. The summed E-state index contributed by atoms with van der Waals surface area (Å²) in [5.41, 5.74) is 2.77. The Morgan fingerprint density at radius 3 is 2.67 bits per heavy atom. The molecule has 1 aromatic carbocycles. The number of nitrogens with zero attached hydrogens (tertiary/aromatic N) is 1. The average molecular weight is 246 g/mol. The van der Waals surface area contributed by atoms with Gasteiger partial charge in [-0.2, -0.15) is 0 Å². The van der Waals surface area contributed by atoms with E-state index in [0.717, 1.165) is 26.1 Å². The third-order valence-corrected chi connectivity index (χ3v) is 3.82. The second-order valence-electron chi connectivity index (χ2n) is 5.68. The highest BCUT2D eigenvalue weighted by Crippen LogP contribution is 2.26. The average Bonchev–Trinajstić information content (AvgIpc) is 2.69. The SMILES string of the molecule is C[C@@H]1CN(CC2Cc3ccccc3N2)C[C@H](C)O1. The van der Waals surface area contributed by atoms with Gasteiger partial charge in [-0.25, -0.2) is 0 Å². The Morgan fingerprint density at radius 2 is 1.94 bits per heavy atom. The van der Waals surface area contributed by atoms with E-state index in [1.165, 1.54) is 11.3 Å². The van der Waals surface area contributed by atoms with Crippen molar-refractivity contribution >= 4 is 5.69 Å². The number of fused-ring (bicyclic) bond motifs is 1. The van der Waals surface area contributed by atoms with E-state index in [0.29, 0.717) is 18.2 Å². The van der Waals surface area contributed by atoms with Crippen LogP contribution in [0.4, 0.5) is 5.69 Å². The minimum absolute atomic E-state index is 0.359. The number of anilines is 1. The fourth-order valence-electron chi connectivity index (χ4n) is 3.23. The summed E-state index contributed by atoms with van der Waals surface area (Å²) in [5.74, 6) is 0. The maximum absolute atomic E-state index is 5.78. The molecule has 2 aliphatic heterocycles. The van der Waals surface area contributed by atoms with Gasteiger partial charge in [-0.05, 0) is 31.9 Å². The summed E-state index contributed by atoms with van der Waals surface area (Å²) in [7, 11) is 0. The topological polar surface area (TPSA) is 24.5 Å². The monoisotopic (exact) mass is 246 g/mol. The first kappa shape index (κ1) is 12.0. The van der Waals surface area contributed by atoms with Crippen molar-refractivity contribution in [3.63, 3.8) is 0 Å². The number of para-hydroxylation sites is 1. The number of benzene rings is 1. The quantitative estimate of drug-likeness (QED) is 0.865. The van der Waals surface area contributed by atoms with Crippen molar-refractivity contribution in [2.24, 2.45) is 0 Å². The standard InChI is InChI=1S/C15H22N2O/c1-11-8-17(9-12(2)18-11)10-14-7-13-5-3-4-6-15(13)16-14/h3-6,11-12,14,16H,7-10H2,1-2H3/t11-,12+,14?. The molecular formula is C15H22N2O. The Labute approximate surface area is 109 Å². The summed E-state index contributed by atoms with van der Waals surface area (Å²) >= 11 is 0. The maximum Gasteiger partial charge on any atom is 0.0678 e. The molecule has 2 heterocycles. The van der Waals surface area contributed by atoms with Crippen molar-refractivity contribution in [1.29, 1.82) is 0 Å². The molecule has 3 rings (SSSR count). The van der Waals surface area contributed by atoms with Gasteiger partial charge >= 0.3 is 0 Å². The van der Waals surface area contributed by atoms with Crippen LogP contribution < -0.4 is 5.32 Å². The fraction of sp³-hybridized carbons (Fsp3) is 0.600. The molecular weight excluding hydrogens is 224 g/mol. The van der Waals surface area contributed by atoms with Crippen molar-refractivity contribution in [2.75, 3.05) is 25.0 Å². The number of morpholine rings is 1.